The van der Waals surface area contributed by atoms with Gasteiger partial charge in [0.1, 0.15) is 0 Å². The van der Waals surface area contributed by atoms with Gasteiger partial charge < -0.3 is 24.4 Å². The van der Waals surface area contributed by atoms with E-state index in [9.17, 15) is 9.59 Å². The minimum atomic E-state index is -0.318. The van der Waals surface area contributed by atoms with E-state index < -0.39 is 0 Å². The predicted molar refractivity (Wildman–Crippen MR) is 192 cm³/mol. The Hall–Kier alpha value is -3.96. The molecule has 2 amide bonds. The summed E-state index contributed by atoms with van der Waals surface area (Å²) >= 11 is 14.0. The third-order valence-electron chi connectivity index (χ3n) is 10.4. The molecule has 10 nitrogen and oxygen atoms in total. The third kappa shape index (κ3) is 6.43. The van der Waals surface area contributed by atoms with Gasteiger partial charge in [-0.05, 0) is 45.1 Å². The molecule has 0 unspecified atom stereocenters. The summed E-state index contributed by atoms with van der Waals surface area (Å²) in [5.41, 5.74) is 6.64. The van der Waals surface area contributed by atoms with Gasteiger partial charge >= 0.3 is 0 Å². The van der Waals surface area contributed by atoms with E-state index in [0.29, 0.717) is 45.2 Å². The van der Waals surface area contributed by atoms with Crippen molar-refractivity contribution >= 4 is 40.7 Å². The molecule has 1 spiro atoms. The average molecular weight is 703 g/mol. The number of hydrogen-bond acceptors (Lipinski definition) is 7. The second-order valence-corrected chi connectivity index (χ2v) is 14.4. The Morgan fingerprint density at radius 3 is 2.33 bits per heavy atom. The fourth-order valence-corrected chi connectivity index (χ4v) is 8.06. The fourth-order valence-electron chi connectivity index (χ4n) is 7.46. The number of carbonyl (C=O) groups excluding carboxylic acids is 2. The monoisotopic (exact) mass is 701 g/mol. The number of pyridine rings is 1. The number of carbonyl (C=O) groups is 2. The number of aromatic nitrogens is 3. The van der Waals surface area contributed by atoms with Gasteiger partial charge in [0.05, 0.1) is 34.2 Å². The number of ether oxygens (including phenoxy) is 1. The van der Waals surface area contributed by atoms with Crippen molar-refractivity contribution in [3.8, 4) is 28.3 Å². The molecule has 4 aromatic rings. The summed E-state index contributed by atoms with van der Waals surface area (Å²) in [7, 11) is 5.58. The van der Waals surface area contributed by atoms with Gasteiger partial charge in [0.25, 0.3) is 5.91 Å². The molecule has 256 valence electrons. The number of benzene rings is 2. The number of methoxy groups -OCH3 is 1. The van der Waals surface area contributed by atoms with Crippen LogP contribution >= 0.6 is 23.2 Å². The first kappa shape index (κ1) is 33.5. The quantitative estimate of drug-likeness (QED) is 0.247. The second-order valence-electron chi connectivity index (χ2n) is 13.7. The van der Waals surface area contributed by atoms with Crippen LogP contribution in [0.5, 0.6) is 5.88 Å². The maximum Gasteiger partial charge on any atom is 0.291 e. The molecule has 49 heavy (non-hydrogen) atoms. The van der Waals surface area contributed by atoms with Gasteiger partial charge in [-0.2, -0.15) is 0 Å². The first-order valence-corrected chi connectivity index (χ1v) is 17.5. The number of likely N-dealkylation sites (N-methyl/N-ethyl adjacent to an activating group) is 1. The van der Waals surface area contributed by atoms with E-state index >= 15 is 0 Å². The summed E-state index contributed by atoms with van der Waals surface area (Å²) < 4.78 is 7.65. The van der Waals surface area contributed by atoms with Crippen LogP contribution in [0.1, 0.15) is 47.3 Å². The molecule has 0 bridgehead atoms. The molecular weight excluding hydrogens is 661 g/mol. The zero-order chi connectivity index (χ0) is 34.4. The molecule has 0 atom stereocenters. The first-order valence-electron chi connectivity index (χ1n) is 16.7. The number of amides is 2. The Morgan fingerprint density at radius 2 is 1.61 bits per heavy atom. The molecule has 12 heteroatoms. The van der Waals surface area contributed by atoms with E-state index in [0.717, 1.165) is 86.6 Å². The lowest BCUT2D eigenvalue weighted by Crippen LogP contribution is -2.61. The van der Waals surface area contributed by atoms with Crippen LogP contribution in [-0.2, 0) is 31.4 Å². The SMILES string of the molecule is COc1nc(-c2cccc(-c3cccc(NC(=O)c4nc5c(n4C)CCN(C)C5)c3Cl)c2Cl)ccc1CN1CCC2(CC1)CN(C(C)=O)C2. The van der Waals surface area contributed by atoms with Crippen LogP contribution in [0.25, 0.3) is 22.4 Å². The summed E-state index contributed by atoms with van der Waals surface area (Å²) in [4.78, 5) is 41.2. The molecule has 2 fully saturated rings. The van der Waals surface area contributed by atoms with Gasteiger partial charge in [-0.15, -0.1) is 0 Å². The number of nitrogens with zero attached hydrogens (tertiary/aromatic N) is 6. The van der Waals surface area contributed by atoms with Crippen molar-refractivity contribution in [1.82, 2.24) is 29.2 Å². The minimum Gasteiger partial charge on any atom is -0.481 e. The molecule has 2 aromatic heterocycles. The molecule has 1 N–H and O–H groups in total. The van der Waals surface area contributed by atoms with Crippen molar-refractivity contribution in [3.05, 3.63) is 81.4 Å². The van der Waals surface area contributed by atoms with Gasteiger partial charge in [-0.3, -0.25) is 14.5 Å². The topological polar surface area (TPSA) is 95.8 Å². The molecule has 5 heterocycles. The number of piperidine rings is 1. The van der Waals surface area contributed by atoms with Crippen LogP contribution < -0.4 is 10.1 Å². The number of rotatable bonds is 7. The summed E-state index contributed by atoms with van der Waals surface area (Å²) in [6, 6.07) is 15.3. The standard InChI is InChI=1S/C37H41Cl2N7O3/c1-23(47)46-21-37(22-46)14-17-45(18-15-37)19-24-11-12-28(42-36(24)49-4)27-9-5-7-25(32(27)38)26-8-6-10-29(33(26)39)41-35(48)34-40-30-20-43(2)16-13-31(30)44(34)3/h5-12H,13-22H2,1-4H3,(H,41,48). The third-order valence-corrected chi connectivity index (χ3v) is 11.2. The van der Waals surface area contributed by atoms with Crippen molar-refractivity contribution in [2.75, 3.05) is 52.2 Å². The predicted octanol–water partition coefficient (Wildman–Crippen LogP) is 6.15. The summed E-state index contributed by atoms with van der Waals surface area (Å²) in [6.45, 7) is 7.75. The molecule has 3 aliphatic rings. The Labute approximate surface area is 297 Å². The van der Waals surface area contributed by atoms with E-state index in [-0.39, 0.29) is 17.2 Å². The summed E-state index contributed by atoms with van der Waals surface area (Å²) in [5.74, 6) is 0.772. The van der Waals surface area contributed by atoms with Crippen LogP contribution in [0.15, 0.2) is 48.5 Å². The number of likely N-dealkylation sites (tertiary alicyclic amines) is 2. The Morgan fingerprint density at radius 1 is 0.918 bits per heavy atom. The van der Waals surface area contributed by atoms with Crippen LogP contribution in [-0.4, -0.2) is 87.9 Å². The normalized spacial score (nSPS) is 17.5. The lowest BCUT2D eigenvalue weighted by molar-refractivity contribution is -0.144. The van der Waals surface area contributed by atoms with Crippen molar-refractivity contribution in [2.24, 2.45) is 12.5 Å². The number of halogens is 2. The molecular formula is C37H41Cl2N7O3. The molecule has 7 rings (SSSR count). The van der Waals surface area contributed by atoms with Gasteiger partial charge in [-0.1, -0.05) is 59.6 Å². The number of hydrogen-bond donors (Lipinski definition) is 1. The average Bonchev–Trinajstić information content (AvgIpc) is 3.40. The second kappa shape index (κ2) is 13.4. The molecule has 2 saturated heterocycles. The highest BCUT2D eigenvalue weighted by Crippen LogP contribution is 2.43. The number of fused-ring (bicyclic) bond motifs is 1. The fraction of sp³-hybridized carbons (Fsp3) is 0.405. The van der Waals surface area contributed by atoms with Gasteiger partial charge in [0.15, 0.2) is 5.82 Å². The number of anilines is 1. The summed E-state index contributed by atoms with van der Waals surface area (Å²) in [6.07, 6.45) is 3.02. The highest BCUT2D eigenvalue weighted by Gasteiger charge is 2.45. The maximum absolute atomic E-state index is 13.4. The van der Waals surface area contributed by atoms with E-state index in [1.807, 2.05) is 52.9 Å². The largest absolute Gasteiger partial charge is 0.481 e. The lowest BCUT2D eigenvalue weighted by Gasteiger charge is -2.53. The molecule has 3 aliphatic heterocycles. The maximum atomic E-state index is 13.4. The summed E-state index contributed by atoms with van der Waals surface area (Å²) in [5, 5.41) is 3.86. The van der Waals surface area contributed by atoms with Crippen molar-refractivity contribution in [1.29, 1.82) is 0 Å². The zero-order valence-electron chi connectivity index (χ0n) is 28.4. The zero-order valence-corrected chi connectivity index (χ0v) is 29.9. The Kier molecular flexibility index (Phi) is 9.17. The van der Waals surface area contributed by atoms with Crippen LogP contribution in [0.2, 0.25) is 10.0 Å². The number of imidazole rings is 1. The van der Waals surface area contributed by atoms with Crippen molar-refractivity contribution in [3.63, 3.8) is 0 Å². The van der Waals surface area contributed by atoms with Crippen LogP contribution in [0.4, 0.5) is 5.69 Å². The van der Waals surface area contributed by atoms with Crippen molar-refractivity contribution < 1.29 is 14.3 Å². The Balaban J connectivity index is 1.08. The minimum absolute atomic E-state index is 0.169. The van der Waals surface area contributed by atoms with Crippen LogP contribution in [0, 0.1) is 5.41 Å². The smallest absolute Gasteiger partial charge is 0.291 e. The highest BCUT2D eigenvalue weighted by atomic mass is 35.5. The lowest BCUT2D eigenvalue weighted by atomic mass is 9.72. The Bertz CT molecular complexity index is 1930. The molecule has 0 radical (unpaired) electrons. The van der Waals surface area contributed by atoms with E-state index in [4.69, 9.17) is 32.9 Å². The van der Waals surface area contributed by atoms with Gasteiger partial charge in [0.2, 0.25) is 11.8 Å². The van der Waals surface area contributed by atoms with Crippen molar-refractivity contribution in [2.45, 2.75) is 39.3 Å². The van der Waals surface area contributed by atoms with Crippen LogP contribution in [0.3, 0.4) is 0 Å². The highest BCUT2D eigenvalue weighted by molar-refractivity contribution is 6.39. The molecule has 0 aliphatic carbocycles. The number of nitrogens with one attached hydrogen (secondary N) is 1. The van der Waals surface area contributed by atoms with E-state index in [1.54, 1.807) is 20.1 Å². The first-order chi connectivity index (χ1) is 23.6. The van der Waals surface area contributed by atoms with Gasteiger partial charge in [0, 0.05) is 86.5 Å². The van der Waals surface area contributed by atoms with E-state index in [1.165, 1.54) is 0 Å². The van der Waals surface area contributed by atoms with E-state index in [2.05, 4.69) is 33.2 Å². The van der Waals surface area contributed by atoms with Gasteiger partial charge in [-0.25, -0.2) is 9.97 Å². The molecule has 2 aromatic carbocycles. The molecule has 0 saturated carbocycles.